The number of pyridine rings is 1. The zero-order chi connectivity index (χ0) is 7.56. The van der Waals surface area contributed by atoms with E-state index in [1.807, 2.05) is 0 Å². The average Bonchev–Trinajstić information content (AvgIpc) is 1.88. The summed E-state index contributed by atoms with van der Waals surface area (Å²) < 4.78 is 21.3. The van der Waals surface area contributed by atoms with E-state index < -0.39 is 10.7 Å². The lowest BCUT2D eigenvalue weighted by Crippen LogP contribution is -1.83. The van der Waals surface area contributed by atoms with Gasteiger partial charge >= 0.3 is 0 Å². The molecule has 3 nitrogen and oxygen atoms in total. The van der Waals surface area contributed by atoms with Crippen molar-refractivity contribution in [2.75, 3.05) is 0 Å². The van der Waals surface area contributed by atoms with Crippen molar-refractivity contribution < 1.29 is 8.42 Å². The highest BCUT2D eigenvalue weighted by atomic mass is 79.9. The van der Waals surface area contributed by atoms with Crippen LogP contribution < -0.4 is 0 Å². The minimum Gasteiger partial charge on any atom is -0.244 e. The molecule has 0 bridgehead atoms. The summed E-state index contributed by atoms with van der Waals surface area (Å²) >= 11 is 3.14. The van der Waals surface area contributed by atoms with E-state index in [9.17, 15) is 8.42 Å². The van der Waals surface area contributed by atoms with Gasteiger partial charge in [0.15, 0.2) is 15.7 Å². The van der Waals surface area contributed by atoms with Gasteiger partial charge in [0, 0.05) is 10.7 Å². The van der Waals surface area contributed by atoms with E-state index in [0.717, 1.165) is 4.47 Å². The Morgan fingerprint density at radius 3 is 2.50 bits per heavy atom. The maximum absolute atomic E-state index is 10.3. The minimum atomic E-state index is -2.54. The van der Waals surface area contributed by atoms with Crippen LogP contribution in [-0.4, -0.2) is 13.4 Å². The fraction of sp³-hybridized carbons (Fsp3) is 0. The summed E-state index contributed by atoms with van der Waals surface area (Å²) in [4.78, 5) is 3.63. The van der Waals surface area contributed by atoms with E-state index in [-0.39, 0.29) is 5.03 Å². The predicted octanol–water partition coefficient (Wildman–Crippen LogP) is 0.814. The molecule has 0 spiro atoms. The monoisotopic (exact) mass is 221 g/mol. The summed E-state index contributed by atoms with van der Waals surface area (Å²) in [6, 6.07) is 3.07. The molecule has 5 heteroatoms. The third-order valence-corrected chi connectivity index (χ3v) is 2.01. The van der Waals surface area contributed by atoms with Crippen LogP contribution in [0.2, 0.25) is 0 Å². The smallest absolute Gasteiger partial charge is 0.185 e. The first-order chi connectivity index (χ1) is 4.70. The molecule has 1 aromatic rings. The lowest BCUT2D eigenvalue weighted by molar-refractivity contribution is 0.611. The van der Waals surface area contributed by atoms with Crippen molar-refractivity contribution in [1.29, 1.82) is 0 Å². The second-order valence-electron chi connectivity index (χ2n) is 1.59. The van der Waals surface area contributed by atoms with Gasteiger partial charge in [0.2, 0.25) is 0 Å². The molecule has 1 aromatic heterocycles. The SMILES string of the molecule is O=[SH](=O)c1ccc(Br)cn1. The topological polar surface area (TPSA) is 47.0 Å². The van der Waals surface area contributed by atoms with Gasteiger partial charge in [-0.15, -0.1) is 0 Å². The Bertz CT molecular complexity index is 285. The van der Waals surface area contributed by atoms with Crippen molar-refractivity contribution in [2.24, 2.45) is 0 Å². The zero-order valence-corrected chi connectivity index (χ0v) is 7.30. The molecule has 0 saturated carbocycles. The van der Waals surface area contributed by atoms with Crippen molar-refractivity contribution >= 4 is 26.6 Å². The highest BCUT2D eigenvalue weighted by Gasteiger charge is 1.93. The second-order valence-corrected chi connectivity index (χ2v) is 3.48. The van der Waals surface area contributed by atoms with E-state index in [0.29, 0.717) is 0 Å². The van der Waals surface area contributed by atoms with E-state index in [2.05, 4.69) is 20.9 Å². The molecular weight excluding hydrogens is 218 g/mol. The Hall–Kier alpha value is -0.420. The molecule has 10 heavy (non-hydrogen) atoms. The van der Waals surface area contributed by atoms with Crippen LogP contribution in [0.25, 0.3) is 0 Å². The summed E-state index contributed by atoms with van der Waals surface area (Å²) in [5.41, 5.74) is 0. The summed E-state index contributed by atoms with van der Waals surface area (Å²) in [5.74, 6) is 0. The predicted molar refractivity (Wildman–Crippen MR) is 40.5 cm³/mol. The Balaban J connectivity index is 3.12. The number of hydrogen-bond donors (Lipinski definition) is 1. The molecule has 0 atom stereocenters. The molecule has 0 radical (unpaired) electrons. The first-order valence-electron chi connectivity index (χ1n) is 2.46. The Morgan fingerprint density at radius 1 is 1.40 bits per heavy atom. The Morgan fingerprint density at radius 2 is 2.10 bits per heavy atom. The lowest BCUT2D eigenvalue weighted by Gasteiger charge is -1.88. The fourth-order valence-corrected chi connectivity index (χ4v) is 1.06. The van der Waals surface area contributed by atoms with Gasteiger partial charge < -0.3 is 0 Å². The summed E-state index contributed by atoms with van der Waals surface area (Å²) in [6.45, 7) is 0. The van der Waals surface area contributed by atoms with Crippen LogP contribution in [0.4, 0.5) is 0 Å². The van der Waals surface area contributed by atoms with E-state index in [1.54, 1.807) is 6.07 Å². The van der Waals surface area contributed by atoms with E-state index in [4.69, 9.17) is 0 Å². The van der Waals surface area contributed by atoms with Gasteiger partial charge in [-0.05, 0) is 28.1 Å². The number of nitrogens with zero attached hydrogens (tertiary/aromatic N) is 1. The van der Waals surface area contributed by atoms with Crippen molar-refractivity contribution in [3.05, 3.63) is 22.8 Å². The van der Waals surface area contributed by atoms with Crippen molar-refractivity contribution in [3.63, 3.8) is 0 Å². The number of thiol groups is 1. The van der Waals surface area contributed by atoms with Gasteiger partial charge in [-0.1, -0.05) is 0 Å². The first-order valence-corrected chi connectivity index (χ1v) is 4.43. The van der Waals surface area contributed by atoms with Crippen LogP contribution in [0.15, 0.2) is 27.8 Å². The first kappa shape index (κ1) is 7.68. The molecule has 0 saturated heterocycles. The highest BCUT2D eigenvalue weighted by Crippen LogP contribution is 2.07. The van der Waals surface area contributed by atoms with Crippen LogP contribution in [0.5, 0.6) is 0 Å². The van der Waals surface area contributed by atoms with E-state index in [1.165, 1.54) is 12.3 Å². The Kier molecular flexibility index (Phi) is 2.39. The number of halogens is 1. The summed E-state index contributed by atoms with van der Waals surface area (Å²) in [6.07, 6.45) is 1.44. The van der Waals surface area contributed by atoms with Crippen LogP contribution in [0, 0.1) is 0 Å². The normalized spacial score (nSPS) is 10.2. The van der Waals surface area contributed by atoms with Crippen LogP contribution in [0.1, 0.15) is 0 Å². The fourth-order valence-electron chi connectivity index (χ4n) is 0.476. The molecule has 0 N–H and O–H groups in total. The summed E-state index contributed by atoms with van der Waals surface area (Å²) in [7, 11) is -2.54. The van der Waals surface area contributed by atoms with Crippen molar-refractivity contribution in [3.8, 4) is 0 Å². The molecule has 54 valence electrons. The van der Waals surface area contributed by atoms with Crippen molar-refractivity contribution in [2.45, 2.75) is 5.03 Å². The van der Waals surface area contributed by atoms with Gasteiger partial charge in [-0.25, -0.2) is 13.4 Å². The standard InChI is InChI=1S/C5H4BrNO2S/c6-4-1-2-5(7-3-4)10(8)9/h1-3,10H. The molecule has 1 rings (SSSR count). The molecule has 0 unspecified atom stereocenters. The zero-order valence-electron chi connectivity index (χ0n) is 4.82. The maximum atomic E-state index is 10.3. The summed E-state index contributed by atoms with van der Waals surface area (Å²) in [5, 5.41) is 0.0956. The maximum Gasteiger partial charge on any atom is 0.185 e. The lowest BCUT2D eigenvalue weighted by atomic mass is 10.5. The van der Waals surface area contributed by atoms with Gasteiger partial charge in [-0.2, -0.15) is 0 Å². The third kappa shape index (κ3) is 1.78. The molecule has 0 aliphatic rings. The highest BCUT2D eigenvalue weighted by molar-refractivity contribution is 9.10. The average molecular weight is 222 g/mol. The van der Waals surface area contributed by atoms with Gasteiger partial charge in [0.25, 0.3) is 0 Å². The molecular formula is C5H4BrNO2S. The number of aromatic nitrogens is 1. The van der Waals surface area contributed by atoms with Crippen LogP contribution >= 0.6 is 15.9 Å². The molecule has 0 aliphatic carbocycles. The third-order valence-electron chi connectivity index (χ3n) is 0.899. The molecule has 0 amide bonds. The largest absolute Gasteiger partial charge is 0.244 e. The molecule has 0 fully saturated rings. The van der Waals surface area contributed by atoms with Gasteiger partial charge in [0.05, 0.1) is 0 Å². The van der Waals surface area contributed by atoms with Crippen LogP contribution in [0.3, 0.4) is 0 Å². The molecule has 0 aliphatic heterocycles. The number of hydrogen-bond acceptors (Lipinski definition) is 3. The van der Waals surface area contributed by atoms with Crippen molar-refractivity contribution in [1.82, 2.24) is 4.98 Å². The molecule has 0 aromatic carbocycles. The second kappa shape index (κ2) is 3.12. The molecule has 1 heterocycles. The van der Waals surface area contributed by atoms with E-state index >= 15 is 0 Å². The minimum absolute atomic E-state index is 0.0956. The van der Waals surface area contributed by atoms with Gasteiger partial charge in [0.1, 0.15) is 0 Å². The Labute approximate surface area is 68.2 Å². The quantitative estimate of drug-likeness (QED) is 0.715. The number of rotatable bonds is 1. The van der Waals surface area contributed by atoms with Gasteiger partial charge in [-0.3, -0.25) is 0 Å². The van der Waals surface area contributed by atoms with Crippen LogP contribution in [-0.2, 0) is 10.7 Å².